The smallest absolute Gasteiger partial charge is 0.329 e. The fraction of sp³-hybridized carbons (Fsp3) is 0.176. The van der Waals surface area contributed by atoms with Gasteiger partial charge in [0.25, 0.3) is 5.56 Å². The fourth-order valence-corrected chi connectivity index (χ4v) is 2.43. The van der Waals surface area contributed by atoms with E-state index in [1.165, 1.54) is 4.57 Å². The van der Waals surface area contributed by atoms with Gasteiger partial charge >= 0.3 is 5.69 Å². The maximum atomic E-state index is 12.5. The first-order valence-electron chi connectivity index (χ1n) is 7.12. The maximum absolute atomic E-state index is 12.5. The van der Waals surface area contributed by atoms with E-state index in [0.717, 1.165) is 11.3 Å². The van der Waals surface area contributed by atoms with Crippen LogP contribution < -0.4 is 16.0 Å². The molecule has 1 N–H and O–H groups in total. The molecule has 0 saturated carbocycles. The van der Waals surface area contributed by atoms with Crippen LogP contribution in [0, 0.1) is 0 Å². The van der Waals surface area contributed by atoms with Gasteiger partial charge in [-0.3, -0.25) is 9.36 Å². The standard InChI is InChI=1S/C17H16N2O3/c1-2-22-13-7-5-6-12(10-13)11-19-16(20)14-8-3-4-9-15(14)18-17(19)21/h3-10H,2,11H2,1H3,(H,18,21). The van der Waals surface area contributed by atoms with Gasteiger partial charge < -0.3 is 9.72 Å². The van der Waals surface area contributed by atoms with Crippen LogP contribution in [-0.4, -0.2) is 16.2 Å². The molecule has 3 rings (SSSR count). The Kier molecular flexibility index (Phi) is 3.78. The van der Waals surface area contributed by atoms with Gasteiger partial charge in [-0.1, -0.05) is 24.3 Å². The van der Waals surface area contributed by atoms with E-state index in [4.69, 9.17) is 4.74 Å². The van der Waals surface area contributed by atoms with Crippen LogP contribution in [0.4, 0.5) is 0 Å². The van der Waals surface area contributed by atoms with Crippen LogP contribution in [0.1, 0.15) is 12.5 Å². The first-order valence-corrected chi connectivity index (χ1v) is 7.12. The minimum Gasteiger partial charge on any atom is -0.494 e. The molecule has 1 aromatic heterocycles. The molecule has 0 amide bonds. The molecule has 22 heavy (non-hydrogen) atoms. The van der Waals surface area contributed by atoms with Crippen molar-refractivity contribution in [1.29, 1.82) is 0 Å². The lowest BCUT2D eigenvalue weighted by molar-refractivity contribution is 0.340. The van der Waals surface area contributed by atoms with Gasteiger partial charge in [0.1, 0.15) is 5.75 Å². The van der Waals surface area contributed by atoms with Crippen molar-refractivity contribution in [2.45, 2.75) is 13.5 Å². The highest BCUT2D eigenvalue weighted by Crippen LogP contribution is 2.13. The average Bonchev–Trinajstić information content (AvgIpc) is 2.52. The zero-order valence-corrected chi connectivity index (χ0v) is 12.2. The van der Waals surface area contributed by atoms with Gasteiger partial charge in [-0.25, -0.2) is 4.79 Å². The zero-order valence-electron chi connectivity index (χ0n) is 12.2. The van der Waals surface area contributed by atoms with Crippen molar-refractivity contribution in [3.8, 4) is 5.75 Å². The van der Waals surface area contributed by atoms with E-state index < -0.39 is 5.69 Å². The first-order chi connectivity index (χ1) is 10.7. The van der Waals surface area contributed by atoms with E-state index >= 15 is 0 Å². The Morgan fingerprint density at radius 1 is 1.09 bits per heavy atom. The monoisotopic (exact) mass is 296 g/mol. The van der Waals surface area contributed by atoms with Crippen LogP contribution in [0.25, 0.3) is 10.9 Å². The summed E-state index contributed by atoms with van der Waals surface area (Å²) in [7, 11) is 0. The van der Waals surface area contributed by atoms with Crippen molar-refractivity contribution in [2.24, 2.45) is 0 Å². The number of aromatic amines is 1. The lowest BCUT2D eigenvalue weighted by Crippen LogP contribution is -2.35. The number of hydrogen-bond acceptors (Lipinski definition) is 3. The van der Waals surface area contributed by atoms with Crippen molar-refractivity contribution in [1.82, 2.24) is 9.55 Å². The third-order valence-corrected chi connectivity index (χ3v) is 3.44. The summed E-state index contributed by atoms with van der Waals surface area (Å²) >= 11 is 0. The second-order valence-corrected chi connectivity index (χ2v) is 4.95. The third kappa shape index (κ3) is 2.65. The lowest BCUT2D eigenvalue weighted by Gasteiger charge is -2.08. The summed E-state index contributed by atoms with van der Waals surface area (Å²) in [4.78, 5) is 27.4. The van der Waals surface area contributed by atoms with Gasteiger partial charge in [0.2, 0.25) is 0 Å². The Balaban J connectivity index is 2.06. The molecule has 0 spiro atoms. The molecule has 0 aliphatic heterocycles. The number of nitrogens with zero attached hydrogens (tertiary/aromatic N) is 1. The van der Waals surface area contributed by atoms with Crippen LogP contribution >= 0.6 is 0 Å². The Labute approximate surface area is 126 Å². The van der Waals surface area contributed by atoms with Gasteiger partial charge in [0.15, 0.2) is 0 Å². The Morgan fingerprint density at radius 2 is 1.91 bits per heavy atom. The van der Waals surface area contributed by atoms with E-state index in [-0.39, 0.29) is 12.1 Å². The summed E-state index contributed by atoms with van der Waals surface area (Å²) in [6.07, 6.45) is 0. The number of aromatic nitrogens is 2. The normalized spacial score (nSPS) is 10.8. The summed E-state index contributed by atoms with van der Waals surface area (Å²) in [6.45, 7) is 2.69. The number of nitrogens with one attached hydrogen (secondary N) is 1. The molecular weight excluding hydrogens is 280 g/mol. The summed E-state index contributed by atoms with van der Waals surface area (Å²) < 4.78 is 6.64. The molecular formula is C17H16N2O3. The Bertz CT molecular complexity index is 925. The predicted molar refractivity (Wildman–Crippen MR) is 85.5 cm³/mol. The molecule has 0 aliphatic carbocycles. The van der Waals surface area contributed by atoms with Crippen molar-refractivity contribution >= 4 is 10.9 Å². The molecule has 0 radical (unpaired) electrons. The van der Waals surface area contributed by atoms with Crippen molar-refractivity contribution in [3.63, 3.8) is 0 Å². The van der Waals surface area contributed by atoms with Crippen molar-refractivity contribution in [2.75, 3.05) is 6.61 Å². The van der Waals surface area contributed by atoms with Crippen LogP contribution in [-0.2, 0) is 6.54 Å². The van der Waals surface area contributed by atoms with Gasteiger partial charge in [-0.2, -0.15) is 0 Å². The highest BCUT2D eigenvalue weighted by Gasteiger charge is 2.08. The van der Waals surface area contributed by atoms with Crippen LogP contribution in [0.5, 0.6) is 5.75 Å². The van der Waals surface area contributed by atoms with E-state index in [2.05, 4.69) is 4.98 Å². The largest absolute Gasteiger partial charge is 0.494 e. The van der Waals surface area contributed by atoms with E-state index in [0.29, 0.717) is 17.5 Å². The maximum Gasteiger partial charge on any atom is 0.329 e. The molecule has 0 bridgehead atoms. The summed E-state index contributed by atoms with van der Waals surface area (Å²) in [5, 5.41) is 0.503. The lowest BCUT2D eigenvalue weighted by atomic mass is 10.2. The number of ether oxygens (including phenoxy) is 1. The minimum absolute atomic E-state index is 0.208. The zero-order chi connectivity index (χ0) is 15.5. The van der Waals surface area contributed by atoms with Crippen molar-refractivity contribution in [3.05, 3.63) is 74.9 Å². The first kappa shape index (κ1) is 14.1. The average molecular weight is 296 g/mol. The molecule has 0 aliphatic rings. The van der Waals surface area contributed by atoms with Gasteiger partial charge in [-0.05, 0) is 36.8 Å². The molecule has 0 atom stereocenters. The Morgan fingerprint density at radius 3 is 2.73 bits per heavy atom. The van der Waals surface area contributed by atoms with Crippen LogP contribution in [0.15, 0.2) is 58.1 Å². The predicted octanol–water partition coefficient (Wildman–Crippen LogP) is 2.14. The van der Waals surface area contributed by atoms with Crippen molar-refractivity contribution < 1.29 is 4.74 Å². The van der Waals surface area contributed by atoms with Gasteiger partial charge in [-0.15, -0.1) is 0 Å². The summed E-state index contributed by atoms with van der Waals surface area (Å²) in [5.41, 5.74) is 0.692. The quantitative estimate of drug-likeness (QED) is 0.802. The second kappa shape index (κ2) is 5.89. The Hall–Kier alpha value is -2.82. The molecule has 0 saturated heterocycles. The number of fused-ring (bicyclic) bond motifs is 1. The van der Waals surface area contributed by atoms with E-state index in [1.54, 1.807) is 24.3 Å². The third-order valence-electron chi connectivity index (χ3n) is 3.44. The summed E-state index contributed by atoms with van der Waals surface area (Å²) in [6, 6.07) is 14.4. The molecule has 1 heterocycles. The second-order valence-electron chi connectivity index (χ2n) is 4.95. The molecule has 2 aromatic carbocycles. The number of hydrogen-bond donors (Lipinski definition) is 1. The van der Waals surface area contributed by atoms with Gasteiger partial charge in [0, 0.05) is 0 Å². The highest BCUT2D eigenvalue weighted by atomic mass is 16.5. The number of para-hydroxylation sites is 1. The molecule has 5 nitrogen and oxygen atoms in total. The van der Waals surface area contributed by atoms with E-state index in [1.807, 2.05) is 31.2 Å². The fourth-order valence-electron chi connectivity index (χ4n) is 2.43. The van der Waals surface area contributed by atoms with Crippen LogP contribution in [0.3, 0.4) is 0 Å². The molecule has 112 valence electrons. The SMILES string of the molecule is CCOc1cccc(Cn2c(=O)[nH]c3ccccc3c2=O)c1. The highest BCUT2D eigenvalue weighted by molar-refractivity contribution is 5.76. The topological polar surface area (TPSA) is 64.1 Å². The van der Waals surface area contributed by atoms with Crippen LogP contribution in [0.2, 0.25) is 0 Å². The number of H-pyrrole nitrogens is 1. The minimum atomic E-state index is -0.412. The number of benzene rings is 2. The molecule has 5 heteroatoms. The van der Waals surface area contributed by atoms with E-state index in [9.17, 15) is 9.59 Å². The number of rotatable bonds is 4. The summed E-state index contributed by atoms with van der Waals surface area (Å²) in [5.74, 6) is 0.727. The molecule has 3 aromatic rings. The molecule has 0 unspecified atom stereocenters. The molecule has 0 fully saturated rings. The van der Waals surface area contributed by atoms with Gasteiger partial charge in [0.05, 0.1) is 24.1 Å².